The highest BCUT2D eigenvalue weighted by molar-refractivity contribution is 8.00. The van der Waals surface area contributed by atoms with Crippen LogP contribution in [0.4, 0.5) is 5.69 Å². The molecular formula is C22H24N4OS. The van der Waals surface area contributed by atoms with Crippen LogP contribution >= 0.6 is 11.8 Å². The number of aromatic nitrogens is 3. The number of nitrogens with zero attached hydrogens (tertiary/aromatic N) is 3. The Labute approximate surface area is 169 Å². The maximum Gasteiger partial charge on any atom is 0.237 e. The number of carbonyl (C=O) groups excluding carboxylic acids is 1. The average Bonchev–Trinajstić information content (AvgIpc) is 3.49. The van der Waals surface area contributed by atoms with E-state index in [4.69, 9.17) is 0 Å². The molecule has 1 atom stereocenters. The number of anilines is 1. The lowest BCUT2D eigenvalue weighted by Gasteiger charge is -2.15. The Morgan fingerprint density at radius 1 is 1.14 bits per heavy atom. The first kappa shape index (κ1) is 18.7. The Kier molecular flexibility index (Phi) is 5.48. The van der Waals surface area contributed by atoms with Crippen LogP contribution in [0.25, 0.3) is 11.1 Å². The van der Waals surface area contributed by atoms with E-state index in [0.717, 1.165) is 34.3 Å². The number of thioether (sulfide) groups is 1. The quantitative estimate of drug-likeness (QED) is 0.577. The summed E-state index contributed by atoms with van der Waals surface area (Å²) in [5.74, 6) is 1.57. The van der Waals surface area contributed by atoms with E-state index >= 15 is 0 Å². The lowest BCUT2D eigenvalue weighted by Crippen LogP contribution is -2.23. The van der Waals surface area contributed by atoms with Gasteiger partial charge in [0.05, 0.1) is 5.25 Å². The lowest BCUT2D eigenvalue weighted by atomic mass is 10.0. The van der Waals surface area contributed by atoms with Crippen molar-refractivity contribution in [3.05, 3.63) is 60.4 Å². The van der Waals surface area contributed by atoms with Gasteiger partial charge in [0, 0.05) is 23.7 Å². The summed E-state index contributed by atoms with van der Waals surface area (Å²) < 4.78 is 2.14. The molecule has 1 heterocycles. The second-order valence-corrected chi connectivity index (χ2v) is 8.33. The molecule has 1 saturated carbocycles. The van der Waals surface area contributed by atoms with Crippen molar-refractivity contribution in [2.24, 2.45) is 0 Å². The maximum absolute atomic E-state index is 12.9. The van der Waals surface area contributed by atoms with E-state index in [0.29, 0.717) is 5.92 Å². The average molecular weight is 393 g/mol. The third-order valence-corrected chi connectivity index (χ3v) is 6.01. The van der Waals surface area contributed by atoms with Crippen LogP contribution in [0, 0.1) is 0 Å². The molecule has 28 heavy (non-hydrogen) atoms. The molecule has 144 valence electrons. The second kappa shape index (κ2) is 8.19. The fraction of sp³-hybridized carbons (Fsp3) is 0.318. The third kappa shape index (κ3) is 3.97. The SMILES string of the molecule is CCn1c(S[C@H](C)C(=O)Nc2ccccc2-c2ccccc2)nnc1C1CC1. The molecule has 1 fully saturated rings. The van der Waals surface area contributed by atoms with Gasteiger partial charge in [-0.05, 0) is 38.3 Å². The van der Waals surface area contributed by atoms with E-state index in [2.05, 4.69) is 27.0 Å². The number of para-hydroxylation sites is 1. The summed E-state index contributed by atoms with van der Waals surface area (Å²) in [6.45, 7) is 4.84. The van der Waals surface area contributed by atoms with E-state index in [-0.39, 0.29) is 11.2 Å². The monoisotopic (exact) mass is 392 g/mol. The Balaban J connectivity index is 1.49. The van der Waals surface area contributed by atoms with Gasteiger partial charge in [-0.2, -0.15) is 0 Å². The van der Waals surface area contributed by atoms with E-state index in [1.165, 1.54) is 24.6 Å². The predicted octanol–water partition coefficient (Wildman–Crippen LogP) is 4.96. The molecule has 1 amide bonds. The van der Waals surface area contributed by atoms with Crippen LogP contribution in [-0.4, -0.2) is 25.9 Å². The molecule has 2 aromatic carbocycles. The fourth-order valence-corrected chi connectivity index (χ4v) is 4.16. The van der Waals surface area contributed by atoms with E-state index in [1.54, 1.807) is 0 Å². The van der Waals surface area contributed by atoms with Gasteiger partial charge in [-0.3, -0.25) is 4.79 Å². The molecule has 1 aliphatic carbocycles. The molecule has 3 aromatic rings. The van der Waals surface area contributed by atoms with Crippen molar-refractivity contribution < 1.29 is 4.79 Å². The highest BCUT2D eigenvalue weighted by atomic mass is 32.2. The largest absolute Gasteiger partial charge is 0.325 e. The number of rotatable bonds is 7. The summed E-state index contributed by atoms with van der Waals surface area (Å²) in [6, 6.07) is 18.0. The van der Waals surface area contributed by atoms with Crippen molar-refractivity contribution in [2.45, 2.75) is 49.6 Å². The number of carbonyl (C=O) groups is 1. The molecule has 1 aromatic heterocycles. The fourth-order valence-electron chi connectivity index (χ4n) is 3.24. The van der Waals surface area contributed by atoms with Gasteiger partial charge in [-0.25, -0.2) is 0 Å². The van der Waals surface area contributed by atoms with Gasteiger partial charge in [-0.15, -0.1) is 10.2 Å². The summed E-state index contributed by atoms with van der Waals surface area (Å²) in [4.78, 5) is 12.9. The summed E-state index contributed by atoms with van der Waals surface area (Å²) in [6.07, 6.45) is 2.38. The second-order valence-electron chi connectivity index (χ2n) is 7.02. The first-order valence-electron chi connectivity index (χ1n) is 9.72. The molecule has 0 spiro atoms. The number of benzene rings is 2. The van der Waals surface area contributed by atoms with Gasteiger partial charge in [0.25, 0.3) is 0 Å². The summed E-state index contributed by atoms with van der Waals surface area (Å²) >= 11 is 1.47. The zero-order valence-electron chi connectivity index (χ0n) is 16.1. The van der Waals surface area contributed by atoms with Crippen molar-refractivity contribution in [1.29, 1.82) is 0 Å². The summed E-state index contributed by atoms with van der Waals surface area (Å²) in [5.41, 5.74) is 2.92. The highest BCUT2D eigenvalue weighted by Crippen LogP contribution is 2.40. The molecule has 4 rings (SSSR count). The summed E-state index contributed by atoms with van der Waals surface area (Å²) in [7, 11) is 0. The Morgan fingerprint density at radius 3 is 2.57 bits per heavy atom. The van der Waals surface area contributed by atoms with Crippen LogP contribution in [0.3, 0.4) is 0 Å². The standard InChI is InChI=1S/C22H24N4OS/c1-3-26-20(17-13-14-17)24-25-22(26)28-15(2)21(27)23-19-12-8-7-11-18(19)16-9-5-4-6-10-16/h4-12,15,17H,3,13-14H2,1-2H3,(H,23,27)/t15-/m1/s1. The number of nitrogens with one attached hydrogen (secondary N) is 1. The normalized spacial score (nSPS) is 14.6. The lowest BCUT2D eigenvalue weighted by molar-refractivity contribution is -0.115. The Bertz CT molecular complexity index is 966. The van der Waals surface area contributed by atoms with Gasteiger partial charge >= 0.3 is 0 Å². The molecule has 0 unspecified atom stereocenters. The van der Waals surface area contributed by atoms with Crippen molar-refractivity contribution in [3.8, 4) is 11.1 Å². The Hall–Kier alpha value is -2.60. The molecule has 0 aliphatic heterocycles. The van der Waals surface area contributed by atoms with Crippen molar-refractivity contribution in [3.63, 3.8) is 0 Å². The minimum Gasteiger partial charge on any atom is -0.325 e. The zero-order chi connectivity index (χ0) is 19.5. The van der Waals surface area contributed by atoms with Gasteiger partial charge < -0.3 is 9.88 Å². The summed E-state index contributed by atoms with van der Waals surface area (Å²) in [5, 5.41) is 12.3. The predicted molar refractivity (Wildman–Crippen MR) is 113 cm³/mol. The van der Waals surface area contributed by atoms with Gasteiger partial charge in [-0.1, -0.05) is 60.3 Å². The van der Waals surface area contributed by atoms with Gasteiger partial charge in [0.15, 0.2) is 5.16 Å². The maximum atomic E-state index is 12.9. The topological polar surface area (TPSA) is 59.8 Å². The Morgan fingerprint density at radius 2 is 1.86 bits per heavy atom. The first-order chi connectivity index (χ1) is 13.7. The molecule has 1 N–H and O–H groups in total. The molecule has 6 heteroatoms. The molecular weight excluding hydrogens is 368 g/mol. The van der Waals surface area contributed by atoms with Gasteiger partial charge in [0.1, 0.15) is 5.82 Å². The minimum atomic E-state index is -0.273. The molecule has 0 bridgehead atoms. The van der Waals surface area contributed by atoms with Crippen LogP contribution in [0.2, 0.25) is 0 Å². The molecule has 5 nitrogen and oxygen atoms in total. The smallest absolute Gasteiger partial charge is 0.237 e. The molecule has 0 radical (unpaired) electrons. The van der Waals surface area contributed by atoms with E-state index in [1.807, 2.05) is 61.5 Å². The third-order valence-electron chi connectivity index (χ3n) is 4.93. The van der Waals surface area contributed by atoms with E-state index in [9.17, 15) is 4.79 Å². The van der Waals surface area contributed by atoms with Crippen LogP contribution in [0.5, 0.6) is 0 Å². The van der Waals surface area contributed by atoms with E-state index < -0.39 is 0 Å². The van der Waals surface area contributed by atoms with Crippen molar-refractivity contribution in [1.82, 2.24) is 14.8 Å². The first-order valence-corrected chi connectivity index (χ1v) is 10.6. The number of amides is 1. The van der Waals surface area contributed by atoms with Crippen LogP contribution < -0.4 is 5.32 Å². The van der Waals surface area contributed by atoms with Crippen LogP contribution in [0.15, 0.2) is 59.8 Å². The highest BCUT2D eigenvalue weighted by Gasteiger charge is 2.30. The van der Waals surface area contributed by atoms with Crippen LogP contribution in [0.1, 0.15) is 38.4 Å². The van der Waals surface area contributed by atoms with Crippen molar-refractivity contribution in [2.75, 3.05) is 5.32 Å². The zero-order valence-corrected chi connectivity index (χ0v) is 16.9. The molecule has 0 saturated heterocycles. The van der Waals surface area contributed by atoms with Gasteiger partial charge in [0.2, 0.25) is 5.91 Å². The minimum absolute atomic E-state index is 0.0352. The van der Waals surface area contributed by atoms with Crippen molar-refractivity contribution >= 4 is 23.4 Å². The molecule has 1 aliphatic rings. The van der Waals surface area contributed by atoms with Crippen LogP contribution in [-0.2, 0) is 11.3 Å². The number of hydrogen-bond donors (Lipinski definition) is 1. The number of hydrogen-bond acceptors (Lipinski definition) is 4.